The van der Waals surface area contributed by atoms with Crippen LogP contribution in [-0.4, -0.2) is 32.9 Å². The second-order valence-electron chi connectivity index (χ2n) is 6.42. The third kappa shape index (κ3) is 5.40. The zero-order valence-electron chi connectivity index (χ0n) is 16.5. The van der Waals surface area contributed by atoms with Crippen LogP contribution in [-0.2, 0) is 16.6 Å². The number of hydrogen-bond acceptors (Lipinski definition) is 5. The van der Waals surface area contributed by atoms with Crippen LogP contribution in [0.1, 0.15) is 16.1 Å². The molecule has 7 nitrogen and oxygen atoms in total. The number of carbonyl (C=O) groups is 1. The SMILES string of the molecule is C#CCN(Cc1ccco1)C(=O)c1cccc(S(=O)(=O)Nc2cc(Cl)ccc2OC)c1. The van der Waals surface area contributed by atoms with Crippen LogP contribution in [0.2, 0.25) is 5.02 Å². The van der Waals surface area contributed by atoms with Crippen molar-refractivity contribution in [3.8, 4) is 18.1 Å². The Balaban J connectivity index is 1.88. The molecule has 3 rings (SSSR count). The van der Waals surface area contributed by atoms with E-state index >= 15 is 0 Å². The highest BCUT2D eigenvalue weighted by molar-refractivity contribution is 7.92. The van der Waals surface area contributed by atoms with E-state index in [0.29, 0.717) is 16.5 Å². The summed E-state index contributed by atoms with van der Waals surface area (Å²) in [6, 6.07) is 13.7. The molecule has 31 heavy (non-hydrogen) atoms. The highest BCUT2D eigenvalue weighted by Gasteiger charge is 2.21. The highest BCUT2D eigenvalue weighted by Crippen LogP contribution is 2.30. The Bertz CT molecular complexity index is 1220. The molecule has 1 amide bonds. The smallest absolute Gasteiger partial charge is 0.262 e. The number of halogens is 1. The Kier molecular flexibility index (Phi) is 6.90. The second-order valence-corrected chi connectivity index (χ2v) is 8.54. The Morgan fingerprint density at radius 3 is 2.71 bits per heavy atom. The molecular formula is C22H19ClN2O5S. The van der Waals surface area contributed by atoms with Gasteiger partial charge in [0.2, 0.25) is 0 Å². The maximum Gasteiger partial charge on any atom is 0.262 e. The predicted molar refractivity (Wildman–Crippen MR) is 118 cm³/mol. The third-order valence-electron chi connectivity index (χ3n) is 4.29. The highest BCUT2D eigenvalue weighted by atomic mass is 35.5. The van der Waals surface area contributed by atoms with Crippen molar-refractivity contribution in [2.75, 3.05) is 18.4 Å². The quantitative estimate of drug-likeness (QED) is 0.515. The number of benzene rings is 2. The summed E-state index contributed by atoms with van der Waals surface area (Å²) in [5, 5.41) is 0.338. The number of nitrogens with zero attached hydrogens (tertiary/aromatic N) is 1. The first-order valence-corrected chi connectivity index (χ1v) is 10.9. The van der Waals surface area contributed by atoms with Gasteiger partial charge in [-0.3, -0.25) is 9.52 Å². The lowest BCUT2D eigenvalue weighted by Crippen LogP contribution is -2.31. The summed E-state index contributed by atoms with van der Waals surface area (Å²) < 4.78 is 38.8. The van der Waals surface area contributed by atoms with Crippen LogP contribution in [0.3, 0.4) is 0 Å². The maximum atomic E-state index is 13.0. The number of sulfonamides is 1. The van der Waals surface area contributed by atoms with Gasteiger partial charge in [0, 0.05) is 10.6 Å². The van der Waals surface area contributed by atoms with Gasteiger partial charge in [0.15, 0.2) is 0 Å². The summed E-state index contributed by atoms with van der Waals surface area (Å²) in [5.41, 5.74) is 0.348. The van der Waals surface area contributed by atoms with Crippen molar-refractivity contribution in [2.45, 2.75) is 11.4 Å². The molecule has 1 heterocycles. The standard InChI is InChI=1S/C22H19ClN2O5S/c1-3-11-25(15-18-7-5-12-30-18)22(26)16-6-4-8-19(13-16)31(27,28)24-20-14-17(23)9-10-21(20)29-2/h1,4-10,12-14,24H,11,15H2,2H3. The minimum atomic E-state index is -4.02. The molecule has 0 spiro atoms. The second kappa shape index (κ2) is 9.60. The van der Waals surface area contributed by atoms with Crippen LogP contribution >= 0.6 is 11.6 Å². The summed E-state index contributed by atoms with van der Waals surface area (Å²) in [4.78, 5) is 14.3. The van der Waals surface area contributed by atoms with E-state index in [-0.39, 0.29) is 29.2 Å². The monoisotopic (exact) mass is 458 g/mol. The molecule has 0 fully saturated rings. The minimum Gasteiger partial charge on any atom is -0.495 e. The van der Waals surface area contributed by atoms with Gasteiger partial charge in [-0.05, 0) is 48.5 Å². The number of nitrogens with one attached hydrogen (secondary N) is 1. The van der Waals surface area contributed by atoms with Crippen molar-refractivity contribution >= 4 is 33.2 Å². The summed E-state index contributed by atoms with van der Waals surface area (Å²) in [6.45, 7) is 0.194. The lowest BCUT2D eigenvalue weighted by atomic mass is 10.2. The molecule has 1 N–H and O–H groups in total. The molecule has 0 saturated carbocycles. The van der Waals surface area contributed by atoms with E-state index in [4.69, 9.17) is 27.2 Å². The first kappa shape index (κ1) is 22.3. The van der Waals surface area contributed by atoms with E-state index < -0.39 is 15.9 Å². The number of terminal acetylenes is 1. The van der Waals surface area contributed by atoms with Gasteiger partial charge in [-0.15, -0.1) is 6.42 Å². The first-order valence-electron chi connectivity index (χ1n) is 9.05. The Labute approximate surface area is 185 Å². The molecule has 160 valence electrons. The van der Waals surface area contributed by atoms with Gasteiger partial charge in [-0.25, -0.2) is 8.42 Å². The number of ether oxygens (including phenoxy) is 1. The van der Waals surface area contributed by atoms with E-state index in [2.05, 4.69) is 10.6 Å². The van der Waals surface area contributed by atoms with Gasteiger partial charge in [0.25, 0.3) is 15.9 Å². The lowest BCUT2D eigenvalue weighted by Gasteiger charge is -2.19. The minimum absolute atomic E-state index is 0.0362. The van der Waals surface area contributed by atoms with Crippen molar-refractivity contribution in [1.29, 1.82) is 0 Å². The Morgan fingerprint density at radius 1 is 1.23 bits per heavy atom. The largest absolute Gasteiger partial charge is 0.495 e. The normalized spacial score (nSPS) is 10.9. The van der Waals surface area contributed by atoms with Gasteiger partial charge in [-0.2, -0.15) is 0 Å². The van der Waals surface area contributed by atoms with Crippen LogP contribution < -0.4 is 9.46 Å². The van der Waals surface area contributed by atoms with E-state index in [1.807, 2.05) is 0 Å². The molecule has 0 unspecified atom stereocenters. The number of amides is 1. The molecule has 3 aromatic rings. The third-order valence-corrected chi connectivity index (χ3v) is 5.89. The van der Waals surface area contributed by atoms with Crippen molar-refractivity contribution in [1.82, 2.24) is 4.90 Å². The molecule has 0 atom stereocenters. The summed E-state index contributed by atoms with van der Waals surface area (Å²) in [5.74, 6) is 2.87. The zero-order chi connectivity index (χ0) is 22.4. The fourth-order valence-electron chi connectivity index (χ4n) is 2.84. The van der Waals surface area contributed by atoms with E-state index in [0.717, 1.165) is 0 Å². The van der Waals surface area contributed by atoms with Crippen molar-refractivity contribution in [2.24, 2.45) is 0 Å². The molecular weight excluding hydrogens is 440 g/mol. The first-order chi connectivity index (χ1) is 14.8. The number of anilines is 1. The number of rotatable bonds is 8. The molecule has 0 bridgehead atoms. The van der Waals surface area contributed by atoms with Crippen LogP contribution in [0, 0.1) is 12.3 Å². The average Bonchev–Trinajstić information content (AvgIpc) is 3.26. The molecule has 0 saturated heterocycles. The van der Waals surface area contributed by atoms with Gasteiger partial charge in [-0.1, -0.05) is 23.6 Å². The number of hydrogen-bond donors (Lipinski definition) is 1. The molecule has 1 aromatic heterocycles. The van der Waals surface area contributed by atoms with Gasteiger partial charge in [0.05, 0.1) is 37.0 Å². The van der Waals surface area contributed by atoms with Crippen LogP contribution in [0.25, 0.3) is 0 Å². The summed E-state index contributed by atoms with van der Waals surface area (Å²) >= 11 is 5.97. The fraction of sp³-hybridized carbons (Fsp3) is 0.136. The Morgan fingerprint density at radius 2 is 2.03 bits per heavy atom. The topological polar surface area (TPSA) is 88.9 Å². The van der Waals surface area contributed by atoms with Crippen LogP contribution in [0.5, 0.6) is 5.75 Å². The fourth-order valence-corrected chi connectivity index (χ4v) is 4.12. The van der Waals surface area contributed by atoms with Gasteiger partial charge in [0.1, 0.15) is 11.5 Å². The molecule has 0 aliphatic heterocycles. The van der Waals surface area contributed by atoms with Crippen molar-refractivity contribution in [3.05, 3.63) is 77.2 Å². The predicted octanol–water partition coefficient (Wildman–Crippen LogP) is 4.02. The molecule has 9 heteroatoms. The van der Waals surface area contributed by atoms with E-state index in [9.17, 15) is 13.2 Å². The summed E-state index contributed by atoms with van der Waals surface area (Å²) in [7, 11) is -2.61. The van der Waals surface area contributed by atoms with Crippen LogP contribution in [0.15, 0.2) is 70.2 Å². The summed E-state index contributed by atoms with van der Waals surface area (Å²) in [6.07, 6.45) is 6.89. The molecule has 0 aliphatic rings. The number of methoxy groups -OCH3 is 1. The Hall–Kier alpha value is -3.41. The van der Waals surface area contributed by atoms with Gasteiger partial charge < -0.3 is 14.1 Å². The lowest BCUT2D eigenvalue weighted by molar-refractivity contribution is 0.0755. The number of carbonyl (C=O) groups excluding carboxylic acids is 1. The van der Waals surface area contributed by atoms with Crippen molar-refractivity contribution < 1.29 is 22.4 Å². The van der Waals surface area contributed by atoms with E-state index in [1.165, 1.54) is 48.6 Å². The van der Waals surface area contributed by atoms with Gasteiger partial charge >= 0.3 is 0 Å². The molecule has 2 aromatic carbocycles. The molecule has 0 radical (unpaired) electrons. The zero-order valence-corrected chi connectivity index (χ0v) is 18.1. The molecule has 0 aliphatic carbocycles. The maximum absolute atomic E-state index is 13.0. The number of furan rings is 1. The van der Waals surface area contributed by atoms with E-state index in [1.54, 1.807) is 24.3 Å². The average molecular weight is 459 g/mol. The van der Waals surface area contributed by atoms with Crippen molar-refractivity contribution in [3.63, 3.8) is 0 Å². The van der Waals surface area contributed by atoms with Crippen LogP contribution in [0.4, 0.5) is 5.69 Å².